The van der Waals surface area contributed by atoms with Crippen molar-refractivity contribution < 1.29 is 9.59 Å². The van der Waals surface area contributed by atoms with Gasteiger partial charge in [0.1, 0.15) is 0 Å². The van der Waals surface area contributed by atoms with E-state index in [1.165, 1.54) is 6.07 Å². The molecule has 1 atom stereocenters. The highest BCUT2D eigenvalue weighted by molar-refractivity contribution is 6.35. The van der Waals surface area contributed by atoms with Crippen molar-refractivity contribution in [2.24, 2.45) is 10.9 Å². The standard InChI is InChI=1S/C20H18Cl2N2O2/c1-11-3-4-12(2)18-15(11)9-13(19(25)24-18)7-8-23-20(26)16-10-14(21)5-6-17(16)22/h3-6,9-10,13H,7-8H2,1-2H3,(H,23,26). The molecule has 4 nitrogen and oxygen atoms in total. The Balaban J connectivity index is 1.71. The van der Waals surface area contributed by atoms with Crippen LogP contribution in [0.4, 0.5) is 0 Å². The molecule has 2 aromatic carbocycles. The number of carbonyl (C=O) groups excluding carboxylic acids is 2. The molecule has 0 saturated carbocycles. The first-order valence-corrected chi connectivity index (χ1v) is 9.06. The summed E-state index contributed by atoms with van der Waals surface area (Å²) in [5, 5.41) is 5.32. The van der Waals surface area contributed by atoms with Crippen molar-refractivity contribution in [2.45, 2.75) is 20.3 Å². The Kier molecular flexibility index (Phi) is 5.44. The number of hydrogen-bond acceptors (Lipinski definition) is 2. The van der Waals surface area contributed by atoms with Gasteiger partial charge in [0.15, 0.2) is 0 Å². The van der Waals surface area contributed by atoms with Crippen molar-refractivity contribution in [1.82, 2.24) is 5.32 Å². The summed E-state index contributed by atoms with van der Waals surface area (Å²) in [5.41, 5.74) is 2.39. The summed E-state index contributed by atoms with van der Waals surface area (Å²) >= 11 is 11.9. The molecule has 0 fully saturated rings. The third kappa shape index (κ3) is 3.81. The molecule has 1 unspecified atom stereocenters. The average molecular weight is 389 g/mol. The van der Waals surface area contributed by atoms with Crippen molar-refractivity contribution in [3.63, 3.8) is 0 Å². The van der Waals surface area contributed by atoms with Crippen LogP contribution >= 0.6 is 23.2 Å². The number of amides is 2. The van der Waals surface area contributed by atoms with Gasteiger partial charge in [-0.15, -0.1) is 0 Å². The van der Waals surface area contributed by atoms with Crippen molar-refractivity contribution in [3.8, 4) is 0 Å². The van der Waals surface area contributed by atoms with Gasteiger partial charge in [-0.25, -0.2) is 4.99 Å². The minimum Gasteiger partial charge on any atom is -0.352 e. The molecule has 1 aliphatic heterocycles. The Bertz CT molecular complexity index is 1020. The number of carbonyl (C=O) groups is 2. The predicted octanol–water partition coefficient (Wildman–Crippen LogP) is 2.99. The van der Waals surface area contributed by atoms with Crippen LogP contribution in [-0.2, 0) is 4.79 Å². The van der Waals surface area contributed by atoms with Crippen LogP contribution in [0.1, 0.15) is 27.9 Å². The maximum atomic E-state index is 12.3. The first-order valence-electron chi connectivity index (χ1n) is 8.30. The number of nitrogens with zero attached hydrogens (tertiary/aromatic N) is 1. The van der Waals surface area contributed by atoms with Crippen LogP contribution in [0.3, 0.4) is 0 Å². The van der Waals surface area contributed by atoms with Gasteiger partial charge < -0.3 is 5.32 Å². The quantitative estimate of drug-likeness (QED) is 0.874. The van der Waals surface area contributed by atoms with Crippen molar-refractivity contribution >= 4 is 41.1 Å². The summed E-state index contributed by atoms with van der Waals surface area (Å²) in [7, 11) is 0. The Morgan fingerprint density at radius 3 is 2.65 bits per heavy atom. The van der Waals surface area contributed by atoms with Crippen molar-refractivity contribution in [3.05, 3.63) is 67.6 Å². The Labute approximate surface area is 161 Å². The number of rotatable bonds is 4. The highest BCUT2D eigenvalue weighted by Crippen LogP contribution is 2.20. The smallest absolute Gasteiger partial charge is 0.253 e. The molecule has 0 spiro atoms. The van der Waals surface area contributed by atoms with Crippen molar-refractivity contribution in [1.29, 1.82) is 0 Å². The predicted molar refractivity (Wildman–Crippen MR) is 103 cm³/mol. The molecule has 0 saturated heterocycles. The van der Waals surface area contributed by atoms with Crippen LogP contribution in [0.25, 0.3) is 6.08 Å². The number of fused-ring (bicyclic) bond motifs is 1. The SMILES string of the molecule is Cc1ccc(C)c2c1=CC(CCNC(=O)c1cc(Cl)ccc1Cl)C(=O)N=2. The normalized spacial score (nSPS) is 15.7. The monoisotopic (exact) mass is 388 g/mol. The molecule has 2 amide bonds. The maximum Gasteiger partial charge on any atom is 0.253 e. The fourth-order valence-corrected chi connectivity index (χ4v) is 3.33. The number of halogens is 2. The molecule has 3 rings (SSSR count). The van der Waals surface area contributed by atoms with Gasteiger partial charge >= 0.3 is 0 Å². The minimum atomic E-state index is -0.349. The maximum absolute atomic E-state index is 12.3. The van der Waals surface area contributed by atoms with Gasteiger partial charge in [-0.3, -0.25) is 9.59 Å². The lowest BCUT2D eigenvalue weighted by Crippen LogP contribution is -2.38. The zero-order chi connectivity index (χ0) is 18.8. The number of hydrogen-bond donors (Lipinski definition) is 1. The van der Waals surface area contributed by atoms with Crippen molar-refractivity contribution in [2.75, 3.05) is 6.54 Å². The number of benzene rings is 2. The molecule has 1 N–H and O–H groups in total. The summed E-state index contributed by atoms with van der Waals surface area (Å²) < 4.78 is 0. The van der Waals surface area contributed by atoms with E-state index >= 15 is 0 Å². The van der Waals surface area contributed by atoms with Gasteiger partial charge in [0, 0.05) is 16.8 Å². The highest BCUT2D eigenvalue weighted by atomic mass is 35.5. The van der Waals surface area contributed by atoms with Crippen LogP contribution in [0.5, 0.6) is 0 Å². The molecule has 0 radical (unpaired) electrons. The zero-order valence-electron chi connectivity index (χ0n) is 14.5. The number of nitrogens with one attached hydrogen (secondary N) is 1. The van der Waals surface area contributed by atoms with E-state index in [0.29, 0.717) is 28.6 Å². The van der Waals surface area contributed by atoms with E-state index in [9.17, 15) is 9.59 Å². The van der Waals surface area contributed by atoms with E-state index in [-0.39, 0.29) is 17.7 Å². The molecule has 134 valence electrons. The molecule has 26 heavy (non-hydrogen) atoms. The lowest BCUT2D eigenvalue weighted by atomic mass is 9.97. The second-order valence-corrected chi connectivity index (χ2v) is 7.20. The molecular weight excluding hydrogens is 371 g/mol. The Morgan fingerprint density at radius 2 is 1.88 bits per heavy atom. The highest BCUT2D eigenvalue weighted by Gasteiger charge is 2.20. The van der Waals surface area contributed by atoms with E-state index in [0.717, 1.165) is 21.7 Å². The van der Waals surface area contributed by atoms with Gasteiger partial charge in [0.2, 0.25) is 0 Å². The first-order chi connectivity index (χ1) is 12.4. The fourth-order valence-electron chi connectivity index (χ4n) is 2.96. The summed E-state index contributed by atoms with van der Waals surface area (Å²) in [6, 6.07) is 8.72. The summed E-state index contributed by atoms with van der Waals surface area (Å²) in [5.74, 6) is -0.843. The van der Waals surface area contributed by atoms with Crippen LogP contribution < -0.4 is 15.9 Å². The number of aryl methyl sites for hydroxylation is 2. The topological polar surface area (TPSA) is 58.5 Å². The van der Waals surface area contributed by atoms with E-state index in [1.54, 1.807) is 12.1 Å². The van der Waals surface area contributed by atoms with E-state index in [1.807, 2.05) is 32.1 Å². The van der Waals surface area contributed by atoms with E-state index < -0.39 is 0 Å². The summed E-state index contributed by atoms with van der Waals surface area (Å²) in [4.78, 5) is 28.8. The molecule has 6 heteroatoms. The third-order valence-electron chi connectivity index (χ3n) is 4.46. The first kappa shape index (κ1) is 18.6. The van der Waals surface area contributed by atoms with Gasteiger partial charge in [0.25, 0.3) is 11.8 Å². The molecule has 0 aromatic heterocycles. The molecule has 1 heterocycles. The van der Waals surface area contributed by atoms with E-state index in [4.69, 9.17) is 23.2 Å². The van der Waals surface area contributed by atoms with Gasteiger partial charge in [-0.1, -0.05) is 41.4 Å². The van der Waals surface area contributed by atoms with E-state index in [2.05, 4.69) is 10.3 Å². The minimum absolute atomic E-state index is 0.179. The van der Waals surface area contributed by atoms with Gasteiger partial charge in [-0.2, -0.15) is 0 Å². The van der Waals surface area contributed by atoms with Gasteiger partial charge in [-0.05, 0) is 49.6 Å². The second kappa shape index (κ2) is 7.60. The molecule has 2 aromatic rings. The molecule has 0 bridgehead atoms. The largest absolute Gasteiger partial charge is 0.352 e. The zero-order valence-corrected chi connectivity index (χ0v) is 16.0. The lowest BCUT2D eigenvalue weighted by Gasteiger charge is -2.15. The van der Waals surface area contributed by atoms with Gasteiger partial charge in [0.05, 0.1) is 21.9 Å². The average Bonchev–Trinajstić information content (AvgIpc) is 2.61. The lowest BCUT2D eigenvalue weighted by molar-refractivity contribution is -0.120. The molecule has 1 aliphatic rings. The summed E-state index contributed by atoms with van der Waals surface area (Å²) in [6.45, 7) is 4.28. The Morgan fingerprint density at radius 1 is 1.15 bits per heavy atom. The van der Waals surface area contributed by atoms with Crippen LogP contribution in [0, 0.1) is 19.8 Å². The molecular formula is C20H18Cl2N2O2. The van der Waals surface area contributed by atoms with Crippen LogP contribution in [0.2, 0.25) is 10.0 Å². The fraction of sp³-hybridized carbons (Fsp3) is 0.250. The van der Waals surface area contributed by atoms with Crippen LogP contribution in [-0.4, -0.2) is 18.4 Å². The third-order valence-corrected chi connectivity index (χ3v) is 5.02. The summed E-state index contributed by atoms with van der Waals surface area (Å²) in [6.07, 6.45) is 2.42. The Hall–Kier alpha value is -2.17. The van der Waals surface area contributed by atoms with Crippen LogP contribution in [0.15, 0.2) is 35.3 Å². The molecule has 0 aliphatic carbocycles. The second-order valence-electron chi connectivity index (χ2n) is 6.35.